The van der Waals surface area contributed by atoms with Gasteiger partial charge in [0.15, 0.2) is 0 Å². The third kappa shape index (κ3) is 5.84. The molecule has 30 heavy (non-hydrogen) atoms. The van der Waals surface area contributed by atoms with Gasteiger partial charge in [-0.05, 0) is 54.1 Å². The SMILES string of the molecule is Cc1cccc(C)c1OCCNC(=O)Cc1ccc(NS(=O)(=O)c2cccs2)cc1. The second kappa shape index (κ2) is 9.77. The Morgan fingerprint density at radius 3 is 2.33 bits per heavy atom. The van der Waals surface area contributed by atoms with Gasteiger partial charge >= 0.3 is 0 Å². The fourth-order valence-electron chi connectivity index (χ4n) is 2.93. The van der Waals surface area contributed by atoms with Crippen LogP contribution in [0.4, 0.5) is 5.69 Å². The molecule has 0 aliphatic carbocycles. The second-order valence-corrected chi connectivity index (χ2v) is 9.69. The number of rotatable bonds is 9. The number of ether oxygens (including phenoxy) is 1. The van der Waals surface area contributed by atoms with Crippen molar-refractivity contribution in [2.75, 3.05) is 17.9 Å². The molecule has 2 aromatic carbocycles. The highest BCUT2D eigenvalue weighted by Gasteiger charge is 2.15. The largest absolute Gasteiger partial charge is 0.491 e. The van der Waals surface area contributed by atoms with Gasteiger partial charge in [0, 0.05) is 5.69 Å². The van der Waals surface area contributed by atoms with Crippen molar-refractivity contribution in [2.24, 2.45) is 0 Å². The summed E-state index contributed by atoms with van der Waals surface area (Å²) in [6, 6.07) is 16.0. The van der Waals surface area contributed by atoms with E-state index in [9.17, 15) is 13.2 Å². The molecule has 0 unspecified atom stereocenters. The number of sulfonamides is 1. The highest BCUT2D eigenvalue weighted by molar-refractivity contribution is 7.94. The highest BCUT2D eigenvalue weighted by Crippen LogP contribution is 2.22. The molecule has 0 aliphatic rings. The van der Waals surface area contributed by atoms with E-state index in [0.29, 0.717) is 18.8 Å². The molecule has 3 rings (SSSR count). The Morgan fingerprint density at radius 2 is 1.70 bits per heavy atom. The van der Waals surface area contributed by atoms with Crippen LogP contribution in [0.1, 0.15) is 16.7 Å². The molecular weight excluding hydrogens is 420 g/mol. The monoisotopic (exact) mass is 444 g/mol. The zero-order chi connectivity index (χ0) is 21.6. The van der Waals surface area contributed by atoms with Crippen LogP contribution in [-0.2, 0) is 21.2 Å². The average Bonchev–Trinajstić information content (AvgIpc) is 3.24. The predicted molar refractivity (Wildman–Crippen MR) is 120 cm³/mol. The summed E-state index contributed by atoms with van der Waals surface area (Å²) in [4.78, 5) is 12.2. The van der Waals surface area contributed by atoms with Crippen molar-refractivity contribution < 1.29 is 17.9 Å². The van der Waals surface area contributed by atoms with Crippen molar-refractivity contribution in [1.82, 2.24) is 5.32 Å². The maximum absolute atomic E-state index is 12.2. The number of hydrogen-bond acceptors (Lipinski definition) is 5. The molecule has 1 heterocycles. The van der Waals surface area contributed by atoms with Crippen molar-refractivity contribution >= 4 is 33.0 Å². The molecule has 0 radical (unpaired) electrons. The number of carbonyl (C=O) groups is 1. The zero-order valence-electron chi connectivity index (χ0n) is 16.8. The van der Waals surface area contributed by atoms with E-state index < -0.39 is 10.0 Å². The number of amides is 1. The summed E-state index contributed by atoms with van der Waals surface area (Å²) in [5.41, 5.74) is 3.38. The molecule has 0 saturated carbocycles. The van der Waals surface area contributed by atoms with Crippen LogP contribution in [0.25, 0.3) is 0 Å². The van der Waals surface area contributed by atoms with Crippen LogP contribution in [0, 0.1) is 13.8 Å². The Bertz CT molecular complexity index is 1070. The Morgan fingerprint density at radius 1 is 1.00 bits per heavy atom. The number of hydrogen-bond donors (Lipinski definition) is 2. The zero-order valence-corrected chi connectivity index (χ0v) is 18.5. The number of para-hydroxylation sites is 1. The van der Waals surface area contributed by atoms with Crippen molar-refractivity contribution in [3.05, 3.63) is 76.7 Å². The van der Waals surface area contributed by atoms with Gasteiger partial charge in [0.25, 0.3) is 10.0 Å². The van der Waals surface area contributed by atoms with Crippen LogP contribution in [-0.4, -0.2) is 27.5 Å². The minimum atomic E-state index is -3.57. The third-order valence-electron chi connectivity index (χ3n) is 4.41. The minimum absolute atomic E-state index is 0.118. The van der Waals surface area contributed by atoms with Crippen molar-refractivity contribution in [1.29, 1.82) is 0 Å². The lowest BCUT2D eigenvalue weighted by molar-refractivity contribution is -0.120. The lowest BCUT2D eigenvalue weighted by Gasteiger charge is -2.12. The van der Waals surface area contributed by atoms with Gasteiger partial charge in [-0.15, -0.1) is 11.3 Å². The molecule has 8 heteroatoms. The van der Waals surface area contributed by atoms with Crippen LogP contribution in [0.3, 0.4) is 0 Å². The highest BCUT2D eigenvalue weighted by atomic mass is 32.2. The first-order valence-corrected chi connectivity index (χ1v) is 11.8. The van der Waals surface area contributed by atoms with E-state index in [-0.39, 0.29) is 16.5 Å². The summed E-state index contributed by atoms with van der Waals surface area (Å²) in [7, 11) is -3.57. The molecule has 3 aromatic rings. The Kier molecular flexibility index (Phi) is 7.12. The fourth-order valence-corrected chi connectivity index (χ4v) is 4.98. The molecule has 6 nitrogen and oxygen atoms in total. The molecule has 2 N–H and O–H groups in total. The van der Waals surface area contributed by atoms with Crippen LogP contribution >= 0.6 is 11.3 Å². The van der Waals surface area contributed by atoms with Gasteiger partial charge in [0.1, 0.15) is 16.6 Å². The first kappa shape index (κ1) is 21.9. The van der Waals surface area contributed by atoms with Gasteiger partial charge in [-0.1, -0.05) is 36.4 Å². The second-order valence-electron chi connectivity index (χ2n) is 6.83. The number of nitrogens with one attached hydrogen (secondary N) is 2. The minimum Gasteiger partial charge on any atom is -0.491 e. The number of thiophene rings is 1. The Labute approximate surface area is 181 Å². The summed E-state index contributed by atoms with van der Waals surface area (Å²) >= 11 is 1.16. The van der Waals surface area contributed by atoms with E-state index in [1.165, 1.54) is 0 Å². The van der Waals surface area contributed by atoms with Crippen LogP contribution < -0.4 is 14.8 Å². The first-order chi connectivity index (χ1) is 14.3. The van der Waals surface area contributed by atoms with Gasteiger partial charge in [-0.25, -0.2) is 8.42 Å². The quantitative estimate of drug-likeness (QED) is 0.490. The summed E-state index contributed by atoms with van der Waals surface area (Å²) in [6.45, 7) is 4.78. The van der Waals surface area contributed by atoms with Gasteiger partial charge in [0.05, 0.1) is 13.0 Å². The normalized spacial score (nSPS) is 11.1. The number of aryl methyl sites for hydroxylation is 2. The number of benzene rings is 2. The summed E-state index contributed by atoms with van der Waals surface area (Å²) in [5, 5.41) is 4.55. The number of anilines is 1. The van der Waals surface area contributed by atoms with Crippen molar-refractivity contribution in [2.45, 2.75) is 24.5 Å². The van der Waals surface area contributed by atoms with Crippen molar-refractivity contribution in [3.8, 4) is 5.75 Å². The molecule has 1 aromatic heterocycles. The predicted octanol–water partition coefficient (Wildman–Crippen LogP) is 3.90. The standard InChI is InChI=1S/C22H24N2O4S2/c1-16-5-3-6-17(2)22(16)28-13-12-23-20(25)15-18-8-10-19(11-9-18)24-30(26,27)21-7-4-14-29-21/h3-11,14,24H,12-13,15H2,1-2H3,(H,23,25). The van der Waals surface area contributed by atoms with Crippen LogP contribution in [0.5, 0.6) is 5.75 Å². The summed E-state index contributed by atoms with van der Waals surface area (Å²) in [6.07, 6.45) is 0.210. The van der Waals surface area contributed by atoms with Crippen LogP contribution in [0.2, 0.25) is 0 Å². The van der Waals surface area contributed by atoms with Gasteiger partial charge in [-0.3, -0.25) is 9.52 Å². The maximum Gasteiger partial charge on any atom is 0.271 e. The molecular formula is C22H24N2O4S2. The molecule has 0 atom stereocenters. The first-order valence-electron chi connectivity index (χ1n) is 9.46. The van der Waals surface area contributed by atoms with E-state index >= 15 is 0 Å². The molecule has 0 spiro atoms. The molecule has 0 bridgehead atoms. The summed E-state index contributed by atoms with van der Waals surface area (Å²) in [5.74, 6) is 0.736. The van der Waals surface area contributed by atoms with Gasteiger partial charge < -0.3 is 10.1 Å². The van der Waals surface area contributed by atoms with E-state index in [2.05, 4.69) is 10.0 Å². The lowest BCUT2D eigenvalue weighted by atomic mass is 10.1. The van der Waals surface area contributed by atoms with Crippen molar-refractivity contribution in [3.63, 3.8) is 0 Å². The van der Waals surface area contributed by atoms with Gasteiger partial charge in [-0.2, -0.15) is 0 Å². The molecule has 0 fully saturated rings. The Hall–Kier alpha value is -2.84. The van der Waals surface area contributed by atoms with E-state index in [0.717, 1.165) is 33.8 Å². The molecule has 0 saturated heterocycles. The average molecular weight is 445 g/mol. The van der Waals surface area contributed by atoms with Crippen LogP contribution in [0.15, 0.2) is 64.2 Å². The topological polar surface area (TPSA) is 84.5 Å². The fraction of sp³-hybridized carbons (Fsp3) is 0.227. The molecule has 0 aliphatic heterocycles. The van der Waals surface area contributed by atoms with E-state index in [4.69, 9.17) is 4.74 Å². The smallest absolute Gasteiger partial charge is 0.271 e. The number of carbonyl (C=O) groups excluding carboxylic acids is 1. The third-order valence-corrected chi connectivity index (χ3v) is 7.19. The summed E-state index contributed by atoms with van der Waals surface area (Å²) < 4.78 is 33.1. The van der Waals surface area contributed by atoms with E-state index in [1.54, 1.807) is 41.8 Å². The Balaban J connectivity index is 1.45. The lowest BCUT2D eigenvalue weighted by Crippen LogP contribution is -2.29. The maximum atomic E-state index is 12.2. The van der Waals surface area contributed by atoms with E-state index in [1.807, 2.05) is 32.0 Å². The van der Waals surface area contributed by atoms with Gasteiger partial charge in [0.2, 0.25) is 5.91 Å². The molecule has 1 amide bonds. The molecule has 158 valence electrons.